The largest absolute Gasteiger partial charge is 0.579 e. The van der Waals surface area contributed by atoms with Crippen LogP contribution in [0.5, 0.6) is 0 Å². The molecule has 0 fully saturated rings. The van der Waals surface area contributed by atoms with E-state index in [0.717, 1.165) is 11.4 Å². The molecular formula is C5H7N2Y-. The second kappa shape index (κ2) is 3.36. The smallest absolute Gasteiger partial charge is 0.0131 e. The Morgan fingerprint density at radius 2 is 2.12 bits per heavy atom. The van der Waals surface area contributed by atoms with E-state index >= 15 is 0 Å². The third-order valence-corrected chi connectivity index (χ3v) is 0.783. The molecular weight excluding hydrogens is 177 g/mol. The van der Waals surface area contributed by atoms with Crippen molar-refractivity contribution in [2.75, 3.05) is 0 Å². The van der Waals surface area contributed by atoms with E-state index in [9.17, 15) is 0 Å². The summed E-state index contributed by atoms with van der Waals surface area (Å²) < 4.78 is 0. The molecule has 0 saturated carbocycles. The predicted molar refractivity (Wildman–Crippen MR) is 27.0 cm³/mol. The Morgan fingerprint density at radius 3 is 2.25 bits per heavy atom. The summed E-state index contributed by atoms with van der Waals surface area (Å²) in [7, 11) is 0. The van der Waals surface area contributed by atoms with Crippen LogP contribution in [-0.2, 0) is 32.7 Å². The molecule has 0 aliphatic carbocycles. The van der Waals surface area contributed by atoms with E-state index < -0.39 is 0 Å². The number of nitrogens with zero attached hydrogens (tertiary/aromatic N) is 2. The Kier molecular flexibility index (Phi) is 3.49. The molecule has 41 valence electrons. The van der Waals surface area contributed by atoms with Crippen LogP contribution in [0.1, 0.15) is 11.4 Å². The van der Waals surface area contributed by atoms with Crippen LogP contribution in [0.4, 0.5) is 0 Å². The van der Waals surface area contributed by atoms with Crippen LogP contribution in [0, 0.1) is 13.8 Å². The van der Waals surface area contributed by atoms with E-state index in [1.54, 1.807) is 0 Å². The SMILES string of the molecule is Cc1cc(C)[n-]n1.[Y]. The molecule has 0 N–H and O–H groups in total. The van der Waals surface area contributed by atoms with Gasteiger partial charge in [0.25, 0.3) is 0 Å². The maximum atomic E-state index is 3.77. The molecule has 0 atom stereocenters. The summed E-state index contributed by atoms with van der Waals surface area (Å²) in [6.07, 6.45) is 0. The van der Waals surface area contributed by atoms with Gasteiger partial charge in [0.1, 0.15) is 0 Å². The van der Waals surface area contributed by atoms with Crippen LogP contribution < -0.4 is 5.10 Å². The van der Waals surface area contributed by atoms with E-state index in [2.05, 4.69) is 10.2 Å². The van der Waals surface area contributed by atoms with Gasteiger partial charge in [-0.15, -0.1) is 5.69 Å². The van der Waals surface area contributed by atoms with Crippen molar-refractivity contribution in [1.29, 1.82) is 0 Å². The van der Waals surface area contributed by atoms with Gasteiger partial charge in [0.05, 0.1) is 0 Å². The predicted octanol–water partition coefficient (Wildman–Crippen LogP) is 0.653. The van der Waals surface area contributed by atoms with Crippen LogP contribution in [0.25, 0.3) is 0 Å². The first kappa shape index (κ1) is 8.31. The first-order chi connectivity index (χ1) is 3.29. The van der Waals surface area contributed by atoms with E-state index in [0.29, 0.717) is 0 Å². The second-order valence-electron chi connectivity index (χ2n) is 1.63. The van der Waals surface area contributed by atoms with Gasteiger partial charge < -0.3 is 10.2 Å². The molecule has 0 bridgehead atoms. The number of aromatic nitrogens is 2. The molecule has 0 aromatic carbocycles. The molecule has 8 heavy (non-hydrogen) atoms. The van der Waals surface area contributed by atoms with Crippen molar-refractivity contribution in [3.8, 4) is 0 Å². The van der Waals surface area contributed by atoms with Gasteiger partial charge in [0.15, 0.2) is 0 Å². The standard InChI is InChI=1S/C5H7N2.Y/c1-4-3-5(2)7-6-4;/h3H,1-2H3;/q-1;. The molecule has 0 spiro atoms. The minimum Gasteiger partial charge on any atom is -0.579 e. The fourth-order valence-electron chi connectivity index (χ4n) is 0.518. The zero-order valence-electron chi connectivity index (χ0n) is 5.05. The summed E-state index contributed by atoms with van der Waals surface area (Å²) in [5, 5.41) is 7.53. The summed E-state index contributed by atoms with van der Waals surface area (Å²) in [4.78, 5) is 0. The van der Waals surface area contributed by atoms with Gasteiger partial charge in [-0.05, 0) is 6.92 Å². The molecule has 0 amide bonds. The fraction of sp³-hybridized carbons (Fsp3) is 0.400. The normalized spacial score (nSPS) is 8.25. The van der Waals surface area contributed by atoms with Crippen molar-refractivity contribution in [3.63, 3.8) is 0 Å². The molecule has 3 heteroatoms. The Hall–Kier alpha value is 0.314. The Bertz CT molecular complexity index is 143. The van der Waals surface area contributed by atoms with Gasteiger partial charge in [-0.1, -0.05) is 13.0 Å². The van der Waals surface area contributed by atoms with Crippen LogP contribution >= 0.6 is 0 Å². The number of aryl methyl sites for hydroxylation is 2. The first-order valence-corrected chi connectivity index (χ1v) is 2.22. The average molecular weight is 184 g/mol. The molecule has 1 heterocycles. The van der Waals surface area contributed by atoms with E-state index in [4.69, 9.17) is 0 Å². The van der Waals surface area contributed by atoms with Crippen LogP contribution in [0.2, 0.25) is 0 Å². The third kappa shape index (κ3) is 2.06. The average Bonchev–Trinajstić information content (AvgIpc) is 1.87. The van der Waals surface area contributed by atoms with E-state index in [-0.39, 0.29) is 32.7 Å². The van der Waals surface area contributed by atoms with Crippen molar-refractivity contribution in [1.82, 2.24) is 10.2 Å². The molecule has 0 saturated heterocycles. The van der Waals surface area contributed by atoms with Crippen LogP contribution in [0.15, 0.2) is 6.07 Å². The molecule has 1 radical (unpaired) electrons. The van der Waals surface area contributed by atoms with Crippen molar-refractivity contribution in [2.45, 2.75) is 13.8 Å². The van der Waals surface area contributed by atoms with E-state index in [1.807, 2.05) is 19.9 Å². The van der Waals surface area contributed by atoms with Crippen molar-refractivity contribution < 1.29 is 32.7 Å². The quantitative estimate of drug-likeness (QED) is 0.591. The summed E-state index contributed by atoms with van der Waals surface area (Å²) >= 11 is 0. The first-order valence-electron chi connectivity index (χ1n) is 2.22. The molecule has 1 rings (SSSR count). The van der Waals surface area contributed by atoms with Crippen LogP contribution in [0.3, 0.4) is 0 Å². The maximum Gasteiger partial charge on any atom is 0.0131 e. The molecule has 0 aliphatic rings. The monoisotopic (exact) mass is 184 g/mol. The zero-order chi connectivity index (χ0) is 5.28. The molecule has 0 unspecified atom stereocenters. The summed E-state index contributed by atoms with van der Waals surface area (Å²) in [6, 6.07) is 1.94. The summed E-state index contributed by atoms with van der Waals surface area (Å²) in [6.45, 7) is 3.86. The Morgan fingerprint density at radius 1 is 1.50 bits per heavy atom. The molecule has 1 aromatic heterocycles. The Labute approximate surface area is 73.9 Å². The Balaban J connectivity index is 0.000000490. The van der Waals surface area contributed by atoms with Gasteiger partial charge in [0.2, 0.25) is 0 Å². The topological polar surface area (TPSA) is 27.0 Å². The third-order valence-electron chi connectivity index (χ3n) is 0.783. The summed E-state index contributed by atoms with van der Waals surface area (Å²) in [5.74, 6) is 0. The number of hydrogen-bond donors (Lipinski definition) is 0. The van der Waals surface area contributed by atoms with Crippen molar-refractivity contribution >= 4 is 0 Å². The van der Waals surface area contributed by atoms with Gasteiger partial charge in [-0.3, -0.25) is 0 Å². The number of rotatable bonds is 0. The van der Waals surface area contributed by atoms with Gasteiger partial charge in [-0.2, -0.15) is 0 Å². The fourth-order valence-corrected chi connectivity index (χ4v) is 0.518. The second-order valence-corrected chi connectivity index (χ2v) is 1.63. The molecule has 0 aliphatic heterocycles. The van der Waals surface area contributed by atoms with Gasteiger partial charge in [-0.25, -0.2) is 0 Å². The molecule has 2 nitrogen and oxygen atoms in total. The van der Waals surface area contributed by atoms with Crippen LogP contribution in [-0.4, -0.2) is 5.10 Å². The zero-order valence-corrected chi connectivity index (χ0v) is 7.89. The minimum absolute atomic E-state index is 0. The molecule has 1 aromatic rings. The van der Waals surface area contributed by atoms with Gasteiger partial charge in [0, 0.05) is 38.4 Å². The maximum absolute atomic E-state index is 3.77. The minimum atomic E-state index is 0. The van der Waals surface area contributed by atoms with Gasteiger partial charge >= 0.3 is 0 Å². The summed E-state index contributed by atoms with van der Waals surface area (Å²) in [5.41, 5.74) is 2.00. The van der Waals surface area contributed by atoms with Crippen molar-refractivity contribution in [3.05, 3.63) is 17.5 Å². The van der Waals surface area contributed by atoms with E-state index in [1.165, 1.54) is 0 Å². The number of hydrogen-bond acceptors (Lipinski definition) is 1. The van der Waals surface area contributed by atoms with Crippen molar-refractivity contribution in [2.24, 2.45) is 0 Å².